The van der Waals surface area contributed by atoms with Gasteiger partial charge in [-0.05, 0) is 87.0 Å². The first-order valence-corrected chi connectivity index (χ1v) is 19.5. The molecule has 0 bridgehead atoms. The maximum absolute atomic E-state index is 6.63. The number of rotatable bonds is 3. The van der Waals surface area contributed by atoms with E-state index in [0.29, 0.717) is 5.95 Å². The lowest BCUT2D eigenvalue weighted by molar-refractivity contribution is 0.660. The number of hydrogen-bond donors (Lipinski definition) is 0. The van der Waals surface area contributed by atoms with Crippen molar-refractivity contribution in [2.24, 2.45) is 0 Å². The third kappa shape index (κ3) is 4.13. The highest BCUT2D eigenvalue weighted by molar-refractivity contribution is 6.23. The van der Waals surface area contributed by atoms with Crippen LogP contribution in [-0.2, 0) is 10.8 Å². The van der Waals surface area contributed by atoms with Gasteiger partial charge in [-0.1, -0.05) is 137 Å². The fraction of sp³-hybridized carbons (Fsp3) is 0.115. The van der Waals surface area contributed by atoms with Gasteiger partial charge in [0, 0.05) is 38.1 Å². The standard InChI is InChI=1S/C52H37N3O/c1-51(2)39-17-9-5-13-32(39)34-23-21-30(27-41(34)51)43-29-44(31-22-24-35-33-14-6-10-18-40(33)52(3,4)42(35)28-31)54-50(53-43)55-45-19-11-7-16-38(45)48-46(55)26-25-37-36-15-8-12-20-47(36)56-49(37)48/h5-29H,1-4H3. The average molecular weight is 720 g/mol. The Morgan fingerprint density at radius 1 is 0.446 bits per heavy atom. The molecule has 0 fully saturated rings. The molecule has 2 aliphatic carbocycles. The molecule has 4 heteroatoms. The molecule has 2 aliphatic rings. The largest absolute Gasteiger partial charge is 0.455 e. The molecule has 266 valence electrons. The highest BCUT2D eigenvalue weighted by atomic mass is 16.3. The lowest BCUT2D eigenvalue weighted by Crippen LogP contribution is -2.15. The summed E-state index contributed by atoms with van der Waals surface area (Å²) in [5, 5.41) is 4.40. The van der Waals surface area contributed by atoms with E-state index in [-0.39, 0.29) is 10.8 Å². The van der Waals surface area contributed by atoms with Crippen molar-refractivity contribution in [3.05, 3.63) is 174 Å². The predicted octanol–water partition coefficient (Wildman–Crippen LogP) is 13.4. The Labute approximate surface area is 324 Å². The van der Waals surface area contributed by atoms with E-state index in [1.807, 2.05) is 12.1 Å². The van der Waals surface area contributed by atoms with E-state index in [9.17, 15) is 0 Å². The van der Waals surface area contributed by atoms with E-state index >= 15 is 0 Å². The zero-order chi connectivity index (χ0) is 37.5. The summed E-state index contributed by atoms with van der Waals surface area (Å²) in [5.74, 6) is 0.630. The Morgan fingerprint density at radius 2 is 0.982 bits per heavy atom. The van der Waals surface area contributed by atoms with Crippen LogP contribution in [0.1, 0.15) is 49.9 Å². The average Bonchev–Trinajstić information content (AvgIpc) is 3.91. The van der Waals surface area contributed by atoms with Gasteiger partial charge in [-0.2, -0.15) is 0 Å². The zero-order valence-electron chi connectivity index (χ0n) is 31.7. The molecule has 0 unspecified atom stereocenters. The summed E-state index contributed by atoms with van der Waals surface area (Å²) >= 11 is 0. The Hall–Kier alpha value is -6.78. The van der Waals surface area contributed by atoms with Crippen molar-refractivity contribution >= 4 is 43.7 Å². The first-order valence-electron chi connectivity index (χ1n) is 19.5. The van der Waals surface area contributed by atoms with Crippen LogP contribution in [0.3, 0.4) is 0 Å². The Balaban J connectivity index is 1.12. The number of benzene rings is 7. The van der Waals surface area contributed by atoms with Gasteiger partial charge in [0.1, 0.15) is 11.2 Å². The van der Waals surface area contributed by atoms with Crippen molar-refractivity contribution in [3.8, 4) is 50.7 Å². The van der Waals surface area contributed by atoms with Crippen LogP contribution in [0.4, 0.5) is 0 Å². The molecule has 0 saturated heterocycles. The summed E-state index contributed by atoms with van der Waals surface area (Å²) in [6, 6.07) is 54.8. The maximum Gasteiger partial charge on any atom is 0.235 e. The van der Waals surface area contributed by atoms with Crippen molar-refractivity contribution in [2.45, 2.75) is 38.5 Å². The van der Waals surface area contributed by atoms with E-state index in [1.165, 1.54) is 44.5 Å². The van der Waals surface area contributed by atoms with Crippen LogP contribution >= 0.6 is 0 Å². The van der Waals surface area contributed by atoms with Crippen molar-refractivity contribution in [1.82, 2.24) is 14.5 Å². The van der Waals surface area contributed by atoms with Crippen LogP contribution in [0.5, 0.6) is 0 Å². The van der Waals surface area contributed by atoms with Gasteiger partial charge in [0.05, 0.1) is 27.8 Å². The molecular weight excluding hydrogens is 683 g/mol. The molecule has 7 aromatic carbocycles. The molecule has 0 spiro atoms. The molecule has 0 amide bonds. The fourth-order valence-electron chi connectivity index (χ4n) is 10.0. The second-order valence-corrected chi connectivity index (χ2v) is 16.6. The van der Waals surface area contributed by atoms with Crippen LogP contribution in [0.25, 0.3) is 94.5 Å². The minimum Gasteiger partial charge on any atom is -0.455 e. The quantitative estimate of drug-likeness (QED) is 0.183. The highest BCUT2D eigenvalue weighted by Gasteiger charge is 2.37. The number of hydrogen-bond acceptors (Lipinski definition) is 3. The molecule has 4 nitrogen and oxygen atoms in total. The first-order chi connectivity index (χ1) is 27.3. The Morgan fingerprint density at radius 3 is 1.62 bits per heavy atom. The van der Waals surface area contributed by atoms with Crippen molar-refractivity contribution in [2.75, 3.05) is 0 Å². The Bertz CT molecular complexity index is 3200. The number of fused-ring (bicyclic) bond motifs is 13. The van der Waals surface area contributed by atoms with Gasteiger partial charge in [0.25, 0.3) is 0 Å². The van der Waals surface area contributed by atoms with Gasteiger partial charge < -0.3 is 4.42 Å². The van der Waals surface area contributed by atoms with Crippen molar-refractivity contribution < 1.29 is 4.42 Å². The third-order valence-electron chi connectivity index (χ3n) is 12.9. The minimum atomic E-state index is -0.133. The SMILES string of the molecule is CC1(C)c2ccccc2-c2ccc(-c3cc(-c4ccc5c(c4)C(C)(C)c4ccccc4-5)nc(-n4c5ccccc5c5c6oc7ccccc7c6ccc54)n3)cc21. The highest BCUT2D eigenvalue weighted by Crippen LogP contribution is 2.51. The van der Waals surface area contributed by atoms with Gasteiger partial charge in [-0.15, -0.1) is 0 Å². The smallest absolute Gasteiger partial charge is 0.235 e. The number of aromatic nitrogens is 3. The molecule has 3 aromatic heterocycles. The monoisotopic (exact) mass is 719 g/mol. The molecule has 0 radical (unpaired) electrons. The predicted molar refractivity (Wildman–Crippen MR) is 230 cm³/mol. The van der Waals surface area contributed by atoms with Gasteiger partial charge >= 0.3 is 0 Å². The third-order valence-corrected chi connectivity index (χ3v) is 12.9. The molecule has 0 atom stereocenters. The molecule has 0 aliphatic heterocycles. The first kappa shape index (κ1) is 31.6. The van der Waals surface area contributed by atoms with Gasteiger partial charge in [0.2, 0.25) is 5.95 Å². The van der Waals surface area contributed by atoms with Crippen LogP contribution in [-0.4, -0.2) is 14.5 Å². The number of furan rings is 1. The molecule has 10 aromatic rings. The number of nitrogens with zero attached hydrogens (tertiary/aromatic N) is 3. The van der Waals surface area contributed by atoms with Crippen molar-refractivity contribution in [1.29, 1.82) is 0 Å². The summed E-state index contributed by atoms with van der Waals surface area (Å²) in [4.78, 5) is 10.9. The van der Waals surface area contributed by atoms with E-state index in [0.717, 1.165) is 66.3 Å². The minimum absolute atomic E-state index is 0.133. The van der Waals surface area contributed by atoms with E-state index < -0.39 is 0 Å². The number of para-hydroxylation sites is 2. The molecule has 0 N–H and O–H groups in total. The van der Waals surface area contributed by atoms with Gasteiger partial charge in [-0.3, -0.25) is 4.57 Å². The molecule has 12 rings (SSSR count). The summed E-state index contributed by atoms with van der Waals surface area (Å²) in [6.45, 7) is 9.33. The summed E-state index contributed by atoms with van der Waals surface area (Å²) in [5.41, 5.74) is 18.0. The van der Waals surface area contributed by atoms with Crippen LogP contribution in [0.15, 0.2) is 156 Å². The van der Waals surface area contributed by atoms with E-state index in [1.54, 1.807) is 0 Å². The van der Waals surface area contributed by atoms with Gasteiger partial charge in [-0.25, -0.2) is 9.97 Å². The second kappa shape index (κ2) is 10.9. The van der Waals surface area contributed by atoms with Crippen molar-refractivity contribution in [3.63, 3.8) is 0 Å². The zero-order valence-corrected chi connectivity index (χ0v) is 31.7. The summed E-state index contributed by atoms with van der Waals surface area (Å²) in [6.07, 6.45) is 0. The molecule has 3 heterocycles. The van der Waals surface area contributed by atoms with Gasteiger partial charge in [0.15, 0.2) is 0 Å². The topological polar surface area (TPSA) is 43.9 Å². The lowest BCUT2D eigenvalue weighted by Gasteiger charge is -2.22. The fourth-order valence-corrected chi connectivity index (χ4v) is 10.0. The van der Waals surface area contributed by atoms with Crippen LogP contribution in [0, 0.1) is 0 Å². The van der Waals surface area contributed by atoms with Crippen LogP contribution < -0.4 is 0 Å². The van der Waals surface area contributed by atoms with E-state index in [2.05, 4.69) is 172 Å². The molecule has 0 saturated carbocycles. The van der Waals surface area contributed by atoms with E-state index in [4.69, 9.17) is 14.4 Å². The van der Waals surface area contributed by atoms with Crippen LogP contribution in [0.2, 0.25) is 0 Å². The summed E-state index contributed by atoms with van der Waals surface area (Å²) < 4.78 is 8.86. The lowest BCUT2D eigenvalue weighted by atomic mass is 9.81. The Kier molecular flexibility index (Phi) is 6.15. The normalized spacial score (nSPS) is 14.7. The second-order valence-electron chi connectivity index (χ2n) is 16.6. The maximum atomic E-state index is 6.63. The molecule has 56 heavy (non-hydrogen) atoms. The molecular formula is C52H37N3O. The summed E-state index contributed by atoms with van der Waals surface area (Å²) in [7, 11) is 0.